The van der Waals surface area contributed by atoms with Gasteiger partial charge >= 0.3 is 0 Å². The Morgan fingerprint density at radius 2 is 1.95 bits per heavy atom. The maximum absolute atomic E-state index is 12.7. The van der Waals surface area contributed by atoms with E-state index in [4.69, 9.17) is 0 Å². The molecule has 0 fully saturated rings. The molecule has 21 heavy (non-hydrogen) atoms. The second-order valence-corrected chi connectivity index (χ2v) is 5.90. The molecule has 0 saturated heterocycles. The van der Waals surface area contributed by atoms with Gasteiger partial charge in [0.1, 0.15) is 0 Å². The summed E-state index contributed by atoms with van der Waals surface area (Å²) in [6.07, 6.45) is 1.50. The number of carbonyl (C=O) groups is 1. The van der Waals surface area contributed by atoms with E-state index in [9.17, 15) is 4.79 Å². The number of carbonyl (C=O) groups excluding carboxylic acids is 1. The number of ketones is 1. The normalized spacial score (nSPS) is 17.3. The zero-order valence-electron chi connectivity index (χ0n) is 12.6. The Kier molecular flexibility index (Phi) is 3.89. The van der Waals surface area contributed by atoms with Crippen LogP contribution in [-0.4, -0.2) is 12.3 Å². The van der Waals surface area contributed by atoms with E-state index in [1.165, 1.54) is 16.7 Å². The highest BCUT2D eigenvalue weighted by molar-refractivity contribution is 5.88. The summed E-state index contributed by atoms with van der Waals surface area (Å²) in [5, 5.41) is 3.37. The van der Waals surface area contributed by atoms with Crippen LogP contribution in [0.2, 0.25) is 0 Å². The van der Waals surface area contributed by atoms with Crippen LogP contribution in [0.1, 0.15) is 33.9 Å². The largest absolute Gasteiger partial charge is 0.303 e. The third-order valence-corrected chi connectivity index (χ3v) is 4.38. The van der Waals surface area contributed by atoms with Crippen molar-refractivity contribution >= 4 is 5.78 Å². The van der Waals surface area contributed by atoms with Gasteiger partial charge in [0.05, 0.1) is 6.04 Å². The number of Topliss-reactive ketones (excluding diaryl/α,β-unsaturated/α-hetero) is 1. The van der Waals surface area contributed by atoms with Gasteiger partial charge in [-0.3, -0.25) is 4.79 Å². The molecule has 0 aromatic heterocycles. The van der Waals surface area contributed by atoms with E-state index in [2.05, 4.69) is 55.6 Å². The Labute approximate surface area is 126 Å². The number of hydrogen-bond donors (Lipinski definition) is 1. The van der Waals surface area contributed by atoms with Gasteiger partial charge in [0.2, 0.25) is 0 Å². The maximum atomic E-state index is 12.7. The smallest absolute Gasteiger partial charge is 0.158 e. The third kappa shape index (κ3) is 2.91. The van der Waals surface area contributed by atoms with Gasteiger partial charge in [-0.1, -0.05) is 42.5 Å². The Hall–Kier alpha value is -1.93. The molecule has 0 spiro atoms. The first kappa shape index (κ1) is 14.0. The predicted octanol–water partition coefficient (Wildman–Crippen LogP) is 3.30. The molecule has 1 heterocycles. The van der Waals surface area contributed by atoms with Crippen LogP contribution < -0.4 is 5.32 Å². The molecule has 1 aliphatic rings. The summed E-state index contributed by atoms with van der Waals surface area (Å²) in [6, 6.07) is 14.4. The second kappa shape index (κ2) is 5.82. The van der Waals surface area contributed by atoms with Crippen molar-refractivity contribution in [3.05, 3.63) is 70.3 Å². The number of hydrogen-bond acceptors (Lipinski definition) is 2. The first-order valence-corrected chi connectivity index (χ1v) is 7.55. The van der Waals surface area contributed by atoms with Crippen LogP contribution in [0.5, 0.6) is 0 Å². The third-order valence-electron chi connectivity index (χ3n) is 4.38. The first-order valence-electron chi connectivity index (χ1n) is 7.55. The Balaban J connectivity index is 1.81. The van der Waals surface area contributed by atoms with Gasteiger partial charge in [0.15, 0.2) is 5.78 Å². The molecule has 3 rings (SSSR count). The van der Waals surface area contributed by atoms with Crippen LogP contribution in [0.25, 0.3) is 0 Å². The fourth-order valence-electron chi connectivity index (χ4n) is 3.01. The molecule has 108 valence electrons. The van der Waals surface area contributed by atoms with E-state index in [1.807, 2.05) is 6.07 Å². The summed E-state index contributed by atoms with van der Waals surface area (Å²) in [7, 11) is 0. The second-order valence-electron chi connectivity index (χ2n) is 5.90. The predicted molar refractivity (Wildman–Crippen MR) is 85.5 cm³/mol. The maximum Gasteiger partial charge on any atom is 0.158 e. The molecule has 2 aromatic carbocycles. The highest BCUT2D eigenvalue weighted by atomic mass is 16.1. The summed E-state index contributed by atoms with van der Waals surface area (Å²) in [6.45, 7) is 5.07. The molecular weight excluding hydrogens is 258 g/mol. The van der Waals surface area contributed by atoms with Crippen molar-refractivity contribution in [2.75, 3.05) is 6.54 Å². The topological polar surface area (TPSA) is 29.1 Å². The van der Waals surface area contributed by atoms with Gasteiger partial charge in [-0.25, -0.2) is 0 Å². The van der Waals surface area contributed by atoms with Crippen LogP contribution in [0.4, 0.5) is 0 Å². The van der Waals surface area contributed by atoms with E-state index >= 15 is 0 Å². The van der Waals surface area contributed by atoms with Gasteiger partial charge in [-0.15, -0.1) is 0 Å². The van der Waals surface area contributed by atoms with Crippen molar-refractivity contribution in [1.29, 1.82) is 0 Å². The van der Waals surface area contributed by atoms with Crippen LogP contribution in [0, 0.1) is 13.8 Å². The van der Waals surface area contributed by atoms with Crippen LogP contribution >= 0.6 is 0 Å². The van der Waals surface area contributed by atoms with E-state index < -0.39 is 0 Å². The summed E-state index contributed by atoms with van der Waals surface area (Å²) in [5.41, 5.74) is 6.07. The molecule has 0 saturated carbocycles. The Morgan fingerprint density at radius 3 is 2.76 bits per heavy atom. The summed E-state index contributed by atoms with van der Waals surface area (Å²) in [4.78, 5) is 12.7. The summed E-state index contributed by atoms with van der Waals surface area (Å²) >= 11 is 0. The van der Waals surface area contributed by atoms with E-state index in [-0.39, 0.29) is 11.8 Å². The van der Waals surface area contributed by atoms with Crippen LogP contribution in [-0.2, 0) is 17.6 Å². The molecule has 1 aliphatic heterocycles. The SMILES string of the molecule is Cc1ccc(CC(=O)C2NCCc3ccccc32)cc1C. The fraction of sp³-hybridized carbons (Fsp3) is 0.316. The summed E-state index contributed by atoms with van der Waals surface area (Å²) in [5.74, 6) is 0.255. The van der Waals surface area contributed by atoms with E-state index in [1.54, 1.807) is 0 Å². The summed E-state index contributed by atoms with van der Waals surface area (Å²) < 4.78 is 0. The minimum Gasteiger partial charge on any atom is -0.303 e. The van der Waals surface area contributed by atoms with Crippen molar-refractivity contribution in [2.24, 2.45) is 0 Å². The number of aryl methyl sites for hydroxylation is 2. The van der Waals surface area contributed by atoms with Crippen molar-refractivity contribution in [2.45, 2.75) is 32.7 Å². The van der Waals surface area contributed by atoms with Crippen LogP contribution in [0.3, 0.4) is 0 Å². The highest BCUT2D eigenvalue weighted by Gasteiger charge is 2.25. The van der Waals surface area contributed by atoms with Crippen LogP contribution in [0.15, 0.2) is 42.5 Å². The minimum absolute atomic E-state index is 0.156. The van der Waals surface area contributed by atoms with E-state index in [0.717, 1.165) is 24.1 Å². The molecule has 0 bridgehead atoms. The monoisotopic (exact) mass is 279 g/mol. The Bertz CT molecular complexity index is 675. The quantitative estimate of drug-likeness (QED) is 0.934. The van der Waals surface area contributed by atoms with Gasteiger partial charge in [-0.2, -0.15) is 0 Å². The van der Waals surface area contributed by atoms with Gasteiger partial charge in [0.25, 0.3) is 0 Å². The minimum atomic E-state index is -0.156. The van der Waals surface area contributed by atoms with Crippen molar-refractivity contribution in [1.82, 2.24) is 5.32 Å². The fourth-order valence-corrected chi connectivity index (χ4v) is 3.01. The standard InChI is InChI=1S/C19H21NO/c1-13-7-8-15(11-14(13)2)12-18(21)19-17-6-4-3-5-16(17)9-10-20-19/h3-8,11,19-20H,9-10,12H2,1-2H3. The van der Waals surface area contributed by atoms with Gasteiger partial charge in [-0.05, 0) is 48.1 Å². The highest BCUT2D eigenvalue weighted by Crippen LogP contribution is 2.24. The van der Waals surface area contributed by atoms with Crippen molar-refractivity contribution in [3.8, 4) is 0 Å². The number of benzene rings is 2. The molecule has 0 aliphatic carbocycles. The number of rotatable bonds is 3. The molecule has 2 heteroatoms. The van der Waals surface area contributed by atoms with Crippen molar-refractivity contribution in [3.63, 3.8) is 0 Å². The Morgan fingerprint density at radius 1 is 1.14 bits per heavy atom. The zero-order chi connectivity index (χ0) is 14.8. The molecule has 0 radical (unpaired) electrons. The molecule has 1 N–H and O–H groups in total. The number of fused-ring (bicyclic) bond motifs is 1. The van der Waals surface area contributed by atoms with Gasteiger partial charge < -0.3 is 5.32 Å². The lowest BCUT2D eigenvalue weighted by atomic mass is 9.89. The lowest BCUT2D eigenvalue weighted by Gasteiger charge is -2.26. The van der Waals surface area contributed by atoms with Crippen molar-refractivity contribution < 1.29 is 4.79 Å². The lowest BCUT2D eigenvalue weighted by molar-refractivity contribution is -0.120. The van der Waals surface area contributed by atoms with E-state index in [0.29, 0.717) is 6.42 Å². The molecule has 1 unspecified atom stereocenters. The molecular formula is C19H21NO. The molecule has 1 atom stereocenters. The average molecular weight is 279 g/mol. The molecule has 2 aromatic rings. The first-order chi connectivity index (χ1) is 10.1. The number of nitrogens with one attached hydrogen (secondary N) is 1. The zero-order valence-corrected chi connectivity index (χ0v) is 12.6. The lowest BCUT2D eigenvalue weighted by Crippen LogP contribution is -2.35. The molecule has 0 amide bonds. The average Bonchev–Trinajstić information content (AvgIpc) is 2.50. The molecule has 2 nitrogen and oxygen atoms in total. The van der Waals surface area contributed by atoms with Gasteiger partial charge in [0, 0.05) is 13.0 Å².